The smallest absolute Gasteiger partial charge is 0.854 e. The van der Waals surface area contributed by atoms with E-state index in [4.69, 9.17) is 0 Å². The van der Waals surface area contributed by atoms with Gasteiger partial charge in [-0.25, -0.2) is 0 Å². The number of piperazine rings is 1. The molecule has 5 heteroatoms. The number of hydrogen-bond acceptors (Lipinski definition) is 4. The second-order valence-corrected chi connectivity index (χ2v) is 5.14. The molecular formula is C15H30KN3O. The summed E-state index contributed by atoms with van der Waals surface area (Å²) in [6.07, 6.45) is 2.07. The van der Waals surface area contributed by atoms with Gasteiger partial charge in [0.15, 0.2) is 0 Å². The average molecular weight is 308 g/mol. The van der Waals surface area contributed by atoms with Crippen LogP contribution in [-0.4, -0.2) is 80.2 Å². The first kappa shape index (κ1) is 21.2. The van der Waals surface area contributed by atoms with Gasteiger partial charge in [-0.15, -0.1) is 13.2 Å². The molecule has 0 amide bonds. The fraction of sp³-hybridized carbons (Fsp3) is 0.867. The molecule has 2 rings (SSSR count). The molecule has 0 aromatic heterocycles. The van der Waals surface area contributed by atoms with Gasteiger partial charge in [-0.05, 0) is 6.54 Å². The van der Waals surface area contributed by atoms with Gasteiger partial charge in [0, 0.05) is 58.3 Å². The van der Waals surface area contributed by atoms with Crippen molar-refractivity contribution in [1.82, 2.24) is 14.7 Å². The zero-order chi connectivity index (χ0) is 14.1. The van der Waals surface area contributed by atoms with E-state index in [9.17, 15) is 5.11 Å². The van der Waals surface area contributed by atoms with Gasteiger partial charge >= 0.3 is 51.4 Å². The summed E-state index contributed by atoms with van der Waals surface area (Å²) in [5.74, 6) is 0.726. The van der Waals surface area contributed by atoms with E-state index in [1.54, 1.807) is 0 Å². The van der Waals surface area contributed by atoms with E-state index < -0.39 is 0 Å². The maximum Gasteiger partial charge on any atom is 1.00 e. The Labute approximate surface area is 167 Å². The zero-order valence-corrected chi connectivity index (χ0v) is 16.8. The molecule has 2 aliphatic rings. The van der Waals surface area contributed by atoms with Crippen molar-refractivity contribution in [2.45, 2.75) is 13.8 Å². The molecule has 0 N–H and O–H groups in total. The van der Waals surface area contributed by atoms with Crippen LogP contribution in [-0.2, 0) is 0 Å². The maximum atomic E-state index is 10.5. The first-order valence-corrected chi connectivity index (χ1v) is 7.69. The quantitative estimate of drug-likeness (QED) is 0.390. The fourth-order valence-corrected chi connectivity index (χ4v) is 2.59. The molecule has 0 radical (unpaired) electrons. The van der Waals surface area contributed by atoms with Crippen LogP contribution in [0, 0.1) is 5.92 Å². The monoisotopic (exact) mass is 307 g/mol. The van der Waals surface area contributed by atoms with Crippen LogP contribution in [0.4, 0.5) is 0 Å². The van der Waals surface area contributed by atoms with Crippen molar-refractivity contribution in [2.24, 2.45) is 5.92 Å². The summed E-state index contributed by atoms with van der Waals surface area (Å²) in [4.78, 5) is 7.29. The molecule has 0 atom stereocenters. The van der Waals surface area contributed by atoms with Crippen LogP contribution in [0.3, 0.4) is 0 Å². The largest absolute Gasteiger partial charge is 1.00 e. The molecule has 2 saturated heterocycles. The Morgan fingerprint density at radius 3 is 1.85 bits per heavy atom. The van der Waals surface area contributed by atoms with Crippen LogP contribution in [0.1, 0.15) is 13.8 Å². The number of rotatable bonds is 6. The molecule has 0 aromatic rings. The second-order valence-electron chi connectivity index (χ2n) is 5.14. The first-order valence-electron chi connectivity index (χ1n) is 7.69. The average Bonchev–Trinajstić information content (AvgIpc) is 2.42. The van der Waals surface area contributed by atoms with E-state index in [2.05, 4.69) is 27.4 Å². The molecule has 0 spiro atoms. The van der Waals surface area contributed by atoms with Crippen molar-refractivity contribution < 1.29 is 56.5 Å². The second kappa shape index (κ2) is 12.7. The molecule has 20 heavy (non-hydrogen) atoms. The van der Waals surface area contributed by atoms with Gasteiger partial charge in [0.1, 0.15) is 0 Å². The summed E-state index contributed by atoms with van der Waals surface area (Å²) >= 11 is 0. The van der Waals surface area contributed by atoms with Crippen molar-refractivity contribution >= 4 is 0 Å². The number of likely N-dealkylation sites (tertiary alicyclic amines) is 1. The predicted molar refractivity (Wildman–Crippen MR) is 79.2 cm³/mol. The van der Waals surface area contributed by atoms with E-state index in [1.807, 2.05) is 13.8 Å². The molecule has 2 fully saturated rings. The summed E-state index contributed by atoms with van der Waals surface area (Å²) < 4.78 is 0. The molecular weight excluding hydrogens is 277 g/mol. The first-order chi connectivity index (χ1) is 9.31. The van der Waals surface area contributed by atoms with Crippen LogP contribution < -0.4 is 56.5 Å². The third-order valence-electron chi connectivity index (χ3n) is 3.92. The van der Waals surface area contributed by atoms with Crippen LogP contribution in [0.2, 0.25) is 0 Å². The number of nitrogens with zero attached hydrogens (tertiary/aromatic N) is 3. The van der Waals surface area contributed by atoms with Gasteiger partial charge in [-0.2, -0.15) is 0 Å². The van der Waals surface area contributed by atoms with Gasteiger partial charge in [0.25, 0.3) is 0 Å². The molecule has 2 aliphatic heterocycles. The summed E-state index contributed by atoms with van der Waals surface area (Å²) in [6.45, 7) is 17.7. The Hall–Kier alpha value is 1.22. The van der Waals surface area contributed by atoms with E-state index >= 15 is 0 Å². The van der Waals surface area contributed by atoms with Crippen molar-refractivity contribution in [1.29, 1.82) is 0 Å². The predicted octanol–water partition coefficient (Wildman–Crippen LogP) is -2.89. The molecule has 0 aliphatic carbocycles. The fourth-order valence-electron chi connectivity index (χ4n) is 2.59. The number of hydrogen-bond donors (Lipinski definition) is 0. The molecule has 2 heterocycles. The van der Waals surface area contributed by atoms with Crippen molar-refractivity contribution in [3.8, 4) is 0 Å². The third kappa shape index (κ3) is 7.47. The molecule has 0 unspecified atom stereocenters. The Bertz CT molecular complexity index is 239. The van der Waals surface area contributed by atoms with Crippen LogP contribution in [0.5, 0.6) is 0 Å². The Balaban J connectivity index is 0.00000115. The Morgan fingerprint density at radius 2 is 1.40 bits per heavy atom. The van der Waals surface area contributed by atoms with Gasteiger partial charge in [-0.1, -0.05) is 19.9 Å². The summed E-state index contributed by atoms with van der Waals surface area (Å²) in [6, 6.07) is 0. The van der Waals surface area contributed by atoms with Gasteiger partial charge in [0.05, 0.1) is 0 Å². The summed E-state index contributed by atoms with van der Waals surface area (Å²) in [7, 11) is 0. The summed E-state index contributed by atoms with van der Waals surface area (Å²) in [5, 5.41) is 10.5. The minimum absolute atomic E-state index is 0. The van der Waals surface area contributed by atoms with Crippen LogP contribution in [0.25, 0.3) is 0 Å². The molecule has 4 nitrogen and oxygen atoms in total. The van der Waals surface area contributed by atoms with E-state index in [-0.39, 0.29) is 58.0 Å². The topological polar surface area (TPSA) is 32.8 Å². The summed E-state index contributed by atoms with van der Waals surface area (Å²) in [5.41, 5.74) is 0. The third-order valence-corrected chi connectivity index (χ3v) is 3.92. The van der Waals surface area contributed by atoms with Crippen molar-refractivity contribution in [2.75, 3.05) is 65.5 Å². The van der Waals surface area contributed by atoms with Crippen molar-refractivity contribution in [3.63, 3.8) is 0 Å². The van der Waals surface area contributed by atoms with Crippen LogP contribution >= 0.6 is 0 Å². The van der Waals surface area contributed by atoms with E-state index in [1.165, 1.54) is 26.2 Å². The SMILES string of the molecule is C=CC1CN(CCN2CCN(CC[O-])CC2)C1.CC.[K+]. The molecule has 112 valence electrons. The normalized spacial score (nSPS) is 21.4. The van der Waals surface area contributed by atoms with E-state index in [0.29, 0.717) is 0 Å². The van der Waals surface area contributed by atoms with Gasteiger partial charge < -0.3 is 14.9 Å². The zero-order valence-electron chi connectivity index (χ0n) is 13.7. The minimum Gasteiger partial charge on any atom is -0.854 e. The van der Waals surface area contributed by atoms with Gasteiger partial charge in [-0.3, -0.25) is 4.90 Å². The van der Waals surface area contributed by atoms with Gasteiger partial charge in [0.2, 0.25) is 0 Å². The molecule has 0 saturated carbocycles. The van der Waals surface area contributed by atoms with Crippen LogP contribution in [0.15, 0.2) is 12.7 Å². The standard InChI is InChI=1S/C13H24N3O.C2H6.K/c1-2-13-11-16(12-13)8-7-14-3-5-15(6-4-14)9-10-17;1-2;/h2,13H,1,3-12H2;1-2H3;/q-1;;+1. The molecule has 0 aromatic carbocycles. The Morgan fingerprint density at radius 1 is 0.950 bits per heavy atom. The minimum atomic E-state index is 0. The van der Waals surface area contributed by atoms with Crippen molar-refractivity contribution in [3.05, 3.63) is 12.7 Å². The maximum absolute atomic E-state index is 10.5. The van der Waals surface area contributed by atoms with E-state index in [0.717, 1.165) is 38.6 Å². The Kier molecular flexibility index (Phi) is 13.5. The molecule has 0 bridgehead atoms.